The summed E-state index contributed by atoms with van der Waals surface area (Å²) in [7, 11) is 0. The first-order valence-electron chi connectivity index (χ1n) is 6.52. The molecule has 5 unspecified atom stereocenters. The van der Waals surface area contributed by atoms with Crippen molar-refractivity contribution in [3.63, 3.8) is 0 Å². The van der Waals surface area contributed by atoms with Gasteiger partial charge in [0.15, 0.2) is 0 Å². The molecule has 0 aromatic heterocycles. The normalized spacial score (nSPS) is 43.3. The molecule has 2 aliphatic carbocycles. The number of nitriles is 1. The van der Waals surface area contributed by atoms with E-state index in [0.29, 0.717) is 17.8 Å². The van der Waals surface area contributed by atoms with Crippen LogP contribution >= 0.6 is 0 Å². The maximum Gasteiger partial charge on any atom is 0.135 e. The number of allylic oxidation sites excluding steroid dienone is 2. The maximum atomic E-state index is 9.42. The van der Waals surface area contributed by atoms with Gasteiger partial charge in [0.1, 0.15) is 11.5 Å². The van der Waals surface area contributed by atoms with Crippen LogP contribution in [-0.2, 0) is 4.84 Å². The van der Waals surface area contributed by atoms with E-state index in [2.05, 4.69) is 24.4 Å². The number of hydrogen-bond donors (Lipinski definition) is 0. The fraction of sp³-hybridized carbons (Fsp3) is 0.600. The van der Waals surface area contributed by atoms with E-state index in [9.17, 15) is 5.26 Å². The van der Waals surface area contributed by atoms with Gasteiger partial charge >= 0.3 is 0 Å². The zero-order chi connectivity index (χ0) is 12.9. The van der Waals surface area contributed by atoms with Crippen LogP contribution in [0.3, 0.4) is 0 Å². The first-order valence-corrected chi connectivity index (χ1v) is 6.52. The number of fused-ring (bicyclic) bond motifs is 1. The Hall–Kier alpha value is -1.56. The average Bonchev–Trinajstić information content (AvgIpc) is 2.88. The molecule has 5 atom stereocenters. The van der Waals surface area contributed by atoms with E-state index in [1.807, 2.05) is 6.92 Å². The van der Waals surface area contributed by atoms with E-state index in [0.717, 1.165) is 30.4 Å². The predicted octanol–water partition coefficient (Wildman–Crippen LogP) is 3.06. The van der Waals surface area contributed by atoms with Gasteiger partial charge in [0.2, 0.25) is 0 Å². The zero-order valence-corrected chi connectivity index (χ0v) is 10.7. The fourth-order valence-corrected chi connectivity index (χ4v) is 3.92. The molecular formula is C15H18N2O. The van der Waals surface area contributed by atoms with Gasteiger partial charge in [-0.2, -0.15) is 5.26 Å². The highest BCUT2D eigenvalue weighted by Gasteiger charge is 2.63. The molecule has 2 saturated carbocycles. The zero-order valence-electron chi connectivity index (χ0n) is 10.7. The minimum absolute atomic E-state index is 0.101. The van der Waals surface area contributed by atoms with Crippen LogP contribution in [0.5, 0.6) is 0 Å². The summed E-state index contributed by atoms with van der Waals surface area (Å²) in [6, 6.07) is 2.47. The summed E-state index contributed by atoms with van der Waals surface area (Å²) in [6.45, 7) is 10.0. The van der Waals surface area contributed by atoms with Gasteiger partial charge in [-0.1, -0.05) is 29.5 Å². The molecule has 0 aromatic rings. The van der Waals surface area contributed by atoms with Gasteiger partial charge < -0.3 is 4.84 Å². The maximum absolute atomic E-state index is 9.42. The van der Waals surface area contributed by atoms with Gasteiger partial charge in [0.05, 0.1) is 12.3 Å². The highest BCUT2D eigenvalue weighted by molar-refractivity contribution is 5.72. The van der Waals surface area contributed by atoms with Crippen molar-refractivity contribution < 1.29 is 4.84 Å². The van der Waals surface area contributed by atoms with Gasteiger partial charge in [0, 0.05) is 11.8 Å². The van der Waals surface area contributed by atoms with Crippen molar-refractivity contribution in [2.45, 2.75) is 32.3 Å². The largest absolute Gasteiger partial charge is 0.392 e. The number of oxime groups is 1. The Morgan fingerprint density at radius 3 is 3.06 bits per heavy atom. The van der Waals surface area contributed by atoms with Crippen molar-refractivity contribution in [2.75, 3.05) is 0 Å². The highest BCUT2D eigenvalue weighted by atomic mass is 16.6. The second kappa shape index (κ2) is 3.71. The van der Waals surface area contributed by atoms with E-state index < -0.39 is 0 Å². The van der Waals surface area contributed by atoms with Crippen LogP contribution in [0.15, 0.2) is 29.5 Å². The Labute approximate surface area is 108 Å². The van der Waals surface area contributed by atoms with Gasteiger partial charge in [-0.25, -0.2) is 0 Å². The molecule has 2 fully saturated rings. The molecule has 0 aromatic carbocycles. The summed E-state index contributed by atoms with van der Waals surface area (Å²) in [4.78, 5) is 5.57. The van der Waals surface area contributed by atoms with Crippen molar-refractivity contribution in [3.8, 4) is 6.07 Å². The number of hydrogen-bond acceptors (Lipinski definition) is 3. The first kappa shape index (κ1) is 11.5. The van der Waals surface area contributed by atoms with Gasteiger partial charge in [-0.3, -0.25) is 0 Å². The lowest BCUT2D eigenvalue weighted by Gasteiger charge is -2.40. The van der Waals surface area contributed by atoms with Crippen LogP contribution in [0.2, 0.25) is 0 Å². The summed E-state index contributed by atoms with van der Waals surface area (Å²) in [6.07, 6.45) is 4.80. The number of nitrogens with zero attached hydrogens (tertiary/aromatic N) is 2. The molecule has 3 nitrogen and oxygen atoms in total. The van der Waals surface area contributed by atoms with Gasteiger partial charge in [-0.05, 0) is 32.1 Å². The summed E-state index contributed by atoms with van der Waals surface area (Å²) in [5, 5.41) is 13.4. The van der Waals surface area contributed by atoms with E-state index in [1.165, 1.54) is 0 Å². The van der Waals surface area contributed by atoms with Crippen LogP contribution in [0.25, 0.3) is 0 Å². The lowest BCUT2D eigenvalue weighted by atomic mass is 9.68. The van der Waals surface area contributed by atoms with E-state index in [-0.39, 0.29) is 11.5 Å². The third kappa shape index (κ3) is 1.38. The van der Waals surface area contributed by atoms with Crippen LogP contribution < -0.4 is 0 Å². The SMILES string of the molecule is C=C(C)C(=C)CC1C2CC3C1ON=CC3(C#N)C2. The molecule has 0 spiro atoms. The molecule has 0 amide bonds. The van der Waals surface area contributed by atoms with E-state index >= 15 is 0 Å². The molecule has 3 rings (SSSR count). The standard InChI is InChI=1S/C15H18N2O/c1-9(2)10(3)4-12-11-5-13-14(12)18-17-8-15(13,6-11)7-16/h8,11-14H,1,3-6H2,2H3. The monoisotopic (exact) mass is 242 g/mol. The molecule has 0 radical (unpaired) electrons. The second-order valence-corrected chi connectivity index (χ2v) is 6.01. The van der Waals surface area contributed by atoms with Crippen molar-refractivity contribution in [2.24, 2.45) is 28.3 Å². The van der Waals surface area contributed by atoms with Crippen LogP contribution in [0.1, 0.15) is 26.2 Å². The van der Waals surface area contributed by atoms with Crippen molar-refractivity contribution in [3.05, 3.63) is 24.3 Å². The molecule has 1 aliphatic heterocycles. The molecule has 18 heavy (non-hydrogen) atoms. The Balaban J connectivity index is 1.84. The minimum atomic E-state index is -0.353. The Kier molecular flexibility index (Phi) is 2.38. The second-order valence-electron chi connectivity index (χ2n) is 6.01. The first-order chi connectivity index (χ1) is 8.57. The fourth-order valence-electron chi connectivity index (χ4n) is 3.92. The summed E-state index contributed by atoms with van der Waals surface area (Å²) in [5.74, 6) is 1.36. The molecule has 3 heteroatoms. The molecule has 0 N–H and O–H groups in total. The predicted molar refractivity (Wildman–Crippen MR) is 69.7 cm³/mol. The molecule has 1 heterocycles. The van der Waals surface area contributed by atoms with Crippen molar-refractivity contribution in [1.29, 1.82) is 5.26 Å². The molecule has 2 bridgehead atoms. The average molecular weight is 242 g/mol. The molecular weight excluding hydrogens is 224 g/mol. The lowest BCUT2D eigenvalue weighted by Crippen LogP contribution is -2.44. The van der Waals surface area contributed by atoms with Gasteiger partial charge in [0.25, 0.3) is 0 Å². The van der Waals surface area contributed by atoms with Crippen LogP contribution in [-0.4, -0.2) is 12.3 Å². The van der Waals surface area contributed by atoms with Crippen LogP contribution in [0.4, 0.5) is 0 Å². The molecule has 3 aliphatic rings. The van der Waals surface area contributed by atoms with Crippen molar-refractivity contribution in [1.82, 2.24) is 0 Å². The highest BCUT2D eigenvalue weighted by Crippen LogP contribution is 2.61. The summed E-state index contributed by atoms with van der Waals surface area (Å²) in [5.41, 5.74) is 1.80. The smallest absolute Gasteiger partial charge is 0.135 e. The third-order valence-corrected chi connectivity index (χ3v) is 5.00. The summed E-state index contributed by atoms with van der Waals surface area (Å²) < 4.78 is 0. The van der Waals surface area contributed by atoms with E-state index in [4.69, 9.17) is 4.84 Å². The Morgan fingerprint density at radius 2 is 2.39 bits per heavy atom. The third-order valence-electron chi connectivity index (χ3n) is 5.00. The molecule has 94 valence electrons. The Morgan fingerprint density at radius 1 is 1.61 bits per heavy atom. The number of rotatable bonds is 3. The Bertz CT molecular complexity index is 487. The van der Waals surface area contributed by atoms with Crippen molar-refractivity contribution >= 4 is 6.21 Å². The minimum Gasteiger partial charge on any atom is -0.392 e. The summed E-state index contributed by atoms with van der Waals surface area (Å²) >= 11 is 0. The molecule has 0 saturated heterocycles. The van der Waals surface area contributed by atoms with E-state index in [1.54, 1.807) is 6.21 Å². The quantitative estimate of drug-likeness (QED) is 0.714. The van der Waals surface area contributed by atoms with Gasteiger partial charge in [-0.15, -0.1) is 0 Å². The lowest BCUT2D eigenvalue weighted by molar-refractivity contribution is -0.0516. The van der Waals surface area contributed by atoms with Crippen LogP contribution in [0, 0.1) is 34.5 Å². The topological polar surface area (TPSA) is 45.4 Å².